The predicted octanol–water partition coefficient (Wildman–Crippen LogP) is 1.41. The van der Waals surface area contributed by atoms with E-state index in [0.29, 0.717) is 5.65 Å². The number of rotatable bonds is 4. The number of aromatic amines is 1. The molecule has 0 spiro atoms. The van der Waals surface area contributed by atoms with Crippen molar-refractivity contribution in [2.45, 2.75) is 39.2 Å². The molecule has 6 heteroatoms. The number of nitrogens with one attached hydrogen (secondary N) is 2. The molecule has 6 nitrogen and oxygen atoms in total. The van der Waals surface area contributed by atoms with Crippen molar-refractivity contribution in [2.24, 2.45) is 0 Å². The van der Waals surface area contributed by atoms with Gasteiger partial charge in [0.2, 0.25) is 0 Å². The zero-order valence-electron chi connectivity index (χ0n) is 10.3. The molecule has 0 atom stereocenters. The minimum Gasteiger partial charge on any atom is -0.365 e. The third kappa shape index (κ3) is 2.15. The van der Waals surface area contributed by atoms with Crippen molar-refractivity contribution in [2.75, 3.05) is 5.32 Å². The van der Waals surface area contributed by atoms with Gasteiger partial charge in [-0.3, -0.25) is 0 Å². The van der Waals surface area contributed by atoms with Crippen molar-refractivity contribution < 1.29 is 0 Å². The van der Waals surface area contributed by atoms with Crippen LogP contribution in [0.2, 0.25) is 0 Å². The second kappa shape index (κ2) is 4.20. The number of hydrogen-bond donors (Lipinski definition) is 2. The van der Waals surface area contributed by atoms with Crippen LogP contribution in [-0.4, -0.2) is 25.1 Å². The minimum atomic E-state index is -0.271. The summed E-state index contributed by atoms with van der Waals surface area (Å²) in [7, 11) is 0. The average Bonchev–Trinajstić information content (AvgIpc) is 2.70. The second-order valence-electron chi connectivity index (χ2n) is 4.42. The Balaban J connectivity index is 2.34. The summed E-state index contributed by atoms with van der Waals surface area (Å²) in [5.74, 6) is 0.739. The van der Waals surface area contributed by atoms with Crippen molar-refractivity contribution in [3.05, 3.63) is 22.9 Å². The molecular formula is C11H17N5O. The third-order valence-electron chi connectivity index (χ3n) is 3.30. The van der Waals surface area contributed by atoms with E-state index in [4.69, 9.17) is 0 Å². The largest absolute Gasteiger partial charge is 0.365 e. The molecule has 0 aliphatic carbocycles. The van der Waals surface area contributed by atoms with Gasteiger partial charge in [0.25, 0.3) is 0 Å². The third-order valence-corrected chi connectivity index (χ3v) is 3.30. The molecule has 0 bridgehead atoms. The van der Waals surface area contributed by atoms with Gasteiger partial charge in [0.05, 0.1) is 0 Å². The maximum atomic E-state index is 11.3. The monoisotopic (exact) mass is 235 g/mol. The lowest BCUT2D eigenvalue weighted by Crippen LogP contribution is -2.33. The number of H-pyrrole nitrogens is 1. The Morgan fingerprint density at radius 2 is 2.18 bits per heavy atom. The average molecular weight is 235 g/mol. The number of aromatic nitrogens is 4. The van der Waals surface area contributed by atoms with Gasteiger partial charge in [-0.15, -0.1) is 0 Å². The van der Waals surface area contributed by atoms with Crippen molar-refractivity contribution in [1.29, 1.82) is 0 Å². The van der Waals surface area contributed by atoms with Gasteiger partial charge in [-0.05, 0) is 19.8 Å². The summed E-state index contributed by atoms with van der Waals surface area (Å²) in [6.45, 7) is 6.41. The zero-order chi connectivity index (χ0) is 12.5. The van der Waals surface area contributed by atoms with Crippen LogP contribution in [0.3, 0.4) is 0 Å². The molecule has 2 aromatic heterocycles. The van der Waals surface area contributed by atoms with Crippen LogP contribution in [0.25, 0.3) is 5.65 Å². The Morgan fingerprint density at radius 3 is 2.82 bits per heavy atom. The van der Waals surface area contributed by atoms with E-state index >= 15 is 0 Å². The predicted molar refractivity (Wildman–Crippen MR) is 66.2 cm³/mol. The topological polar surface area (TPSA) is 75.1 Å². The molecule has 0 fully saturated rings. The van der Waals surface area contributed by atoms with Crippen LogP contribution >= 0.6 is 0 Å². The van der Waals surface area contributed by atoms with Gasteiger partial charge in [0, 0.05) is 11.6 Å². The molecule has 0 aliphatic heterocycles. The highest BCUT2D eigenvalue weighted by Crippen LogP contribution is 2.20. The standard InChI is InChI=1S/C11H17N5O/c1-4-11(3,5-2)13-8-6-9-14-15-10(17)16(9)7-12-8/h6-7,13H,4-5H2,1-3H3,(H,15,17). The Hall–Kier alpha value is -1.85. The molecule has 2 aromatic rings. The molecule has 0 aliphatic rings. The summed E-state index contributed by atoms with van der Waals surface area (Å²) in [5, 5.41) is 9.67. The van der Waals surface area contributed by atoms with E-state index in [2.05, 4.69) is 41.3 Å². The van der Waals surface area contributed by atoms with Crippen LogP contribution in [0.5, 0.6) is 0 Å². The van der Waals surface area contributed by atoms with Crippen LogP contribution in [0.15, 0.2) is 17.2 Å². The Kier molecular flexibility index (Phi) is 2.87. The van der Waals surface area contributed by atoms with Crippen molar-refractivity contribution in [3.63, 3.8) is 0 Å². The van der Waals surface area contributed by atoms with Gasteiger partial charge in [-0.25, -0.2) is 19.3 Å². The first-order chi connectivity index (χ1) is 8.08. The van der Waals surface area contributed by atoms with E-state index in [0.717, 1.165) is 18.7 Å². The molecule has 2 N–H and O–H groups in total. The number of anilines is 1. The summed E-state index contributed by atoms with van der Waals surface area (Å²) >= 11 is 0. The van der Waals surface area contributed by atoms with Crippen LogP contribution in [-0.2, 0) is 0 Å². The first kappa shape index (κ1) is 11.6. The molecule has 0 amide bonds. The fourth-order valence-electron chi connectivity index (χ4n) is 1.61. The maximum Gasteiger partial charge on any atom is 0.348 e. The van der Waals surface area contributed by atoms with Crippen LogP contribution in [0, 0.1) is 0 Å². The lowest BCUT2D eigenvalue weighted by atomic mass is 9.96. The van der Waals surface area contributed by atoms with E-state index in [-0.39, 0.29) is 11.2 Å². The SMILES string of the molecule is CCC(C)(CC)Nc1cc2n[nH]c(=O)n2cn1. The lowest BCUT2D eigenvalue weighted by molar-refractivity contribution is 0.476. The van der Waals surface area contributed by atoms with Crippen LogP contribution < -0.4 is 11.0 Å². The highest BCUT2D eigenvalue weighted by Gasteiger charge is 2.19. The smallest absolute Gasteiger partial charge is 0.348 e. The maximum absolute atomic E-state index is 11.3. The highest BCUT2D eigenvalue weighted by atomic mass is 16.1. The van der Waals surface area contributed by atoms with Gasteiger partial charge in [-0.2, -0.15) is 5.10 Å². The van der Waals surface area contributed by atoms with Gasteiger partial charge in [-0.1, -0.05) is 13.8 Å². The summed E-state index contributed by atoms with van der Waals surface area (Å²) in [6, 6.07) is 1.77. The van der Waals surface area contributed by atoms with Crippen molar-refractivity contribution >= 4 is 11.5 Å². The number of nitrogens with zero attached hydrogens (tertiary/aromatic N) is 3. The van der Waals surface area contributed by atoms with Gasteiger partial charge in [0.1, 0.15) is 12.1 Å². The van der Waals surface area contributed by atoms with E-state index in [1.54, 1.807) is 6.07 Å². The summed E-state index contributed by atoms with van der Waals surface area (Å²) < 4.78 is 1.38. The van der Waals surface area contributed by atoms with Crippen molar-refractivity contribution in [1.82, 2.24) is 19.6 Å². The Bertz CT molecular complexity index is 566. The molecular weight excluding hydrogens is 218 g/mol. The molecule has 17 heavy (non-hydrogen) atoms. The summed E-state index contributed by atoms with van der Waals surface area (Å²) in [4.78, 5) is 15.5. The van der Waals surface area contributed by atoms with Crippen LogP contribution in [0.1, 0.15) is 33.6 Å². The quantitative estimate of drug-likeness (QED) is 0.840. The molecule has 0 radical (unpaired) electrons. The molecule has 2 rings (SSSR count). The first-order valence-corrected chi connectivity index (χ1v) is 5.79. The normalized spacial score (nSPS) is 11.9. The fourth-order valence-corrected chi connectivity index (χ4v) is 1.61. The lowest BCUT2D eigenvalue weighted by Gasteiger charge is -2.28. The molecule has 0 unspecified atom stereocenters. The fraction of sp³-hybridized carbons (Fsp3) is 0.545. The number of fused-ring (bicyclic) bond motifs is 1. The molecule has 0 saturated heterocycles. The van der Waals surface area contributed by atoms with E-state index in [1.165, 1.54) is 10.7 Å². The Labute approximate surface area is 99.1 Å². The molecule has 2 heterocycles. The van der Waals surface area contributed by atoms with Gasteiger partial charge >= 0.3 is 5.69 Å². The minimum absolute atomic E-state index is 0.0158. The Morgan fingerprint density at radius 1 is 1.47 bits per heavy atom. The molecule has 0 saturated carbocycles. The van der Waals surface area contributed by atoms with E-state index in [9.17, 15) is 4.79 Å². The highest BCUT2D eigenvalue weighted by molar-refractivity contribution is 5.49. The van der Waals surface area contributed by atoms with Gasteiger partial charge < -0.3 is 5.32 Å². The van der Waals surface area contributed by atoms with E-state index in [1.807, 2.05) is 0 Å². The van der Waals surface area contributed by atoms with E-state index < -0.39 is 0 Å². The molecule has 92 valence electrons. The molecule has 0 aromatic carbocycles. The van der Waals surface area contributed by atoms with Gasteiger partial charge in [0.15, 0.2) is 5.65 Å². The van der Waals surface area contributed by atoms with Crippen molar-refractivity contribution in [3.8, 4) is 0 Å². The van der Waals surface area contributed by atoms with Crippen LogP contribution in [0.4, 0.5) is 5.82 Å². The number of hydrogen-bond acceptors (Lipinski definition) is 4. The summed E-state index contributed by atoms with van der Waals surface area (Å²) in [5.41, 5.74) is 0.317. The zero-order valence-corrected chi connectivity index (χ0v) is 10.3. The second-order valence-corrected chi connectivity index (χ2v) is 4.42. The summed E-state index contributed by atoms with van der Waals surface area (Å²) in [6.07, 6.45) is 3.49. The first-order valence-electron chi connectivity index (χ1n) is 5.79.